The van der Waals surface area contributed by atoms with E-state index in [4.69, 9.17) is 0 Å². The van der Waals surface area contributed by atoms with Crippen LogP contribution in [0, 0.1) is 5.95 Å². The summed E-state index contributed by atoms with van der Waals surface area (Å²) in [4.78, 5) is 15.6. The van der Waals surface area contributed by atoms with E-state index in [9.17, 15) is 9.18 Å². The van der Waals surface area contributed by atoms with Crippen LogP contribution in [0.4, 0.5) is 15.9 Å². The van der Waals surface area contributed by atoms with Gasteiger partial charge in [-0.15, -0.1) is 0 Å². The van der Waals surface area contributed by atoms with E-state index in [0.29, 0.717) is 11.5 Å². The number of rotatable bonds is 4. The average molecular weight is 259 g/mol. The Kier molecular flexibility index (Phi) is 4.07. The summed E-state index contributed by atoms with van der Waals surface area (Å²) in [5.41, 5.74) is 0.716. The van der Waals surface area contributed by atoms with E-state index >= 15 is 0 Å². The van der Waals surface area contributed by atoms with Crippen molar-refractivity contribution in [1.82, 2.24) is 4.98 Å². The van der Waals surface area contributed by atoms with Gasteiger partial charge in [0.2, 0.25) is 11.9 Å². The summed E-state index contributed by atoms with van der Waals surface area (Å²) in [6.07, 6.45) is 0. The molecule has 19 heavy (non-hydrogen) atoms. The maximum absolute atomic E-state index is 12.9. The van der Waals surface area contributed by atoms with Crippen molar-refractivity contribution in [3.63, 3.8) is 0 Å². The zero-order valence-electron chi connectivity index (χ0n) is 10.4. The number of anilines is 2. The van der Waals surface area contributed by atoms with Crippen LogP contribution in [-0.2, 0) is 4.79 Å². The van der Waals surface area contributed by atoms with Gasteiger partial charge in [0.15, 0.2) is 0 Å². The molecule has 0 aliphatic carbocycles. The number of nitrogens with zero attached hydrogens (tertiary/aromatic N) is 1. The molecule has 0 bridgehead atoms. The molecule has 1 unspecified atom stereocenters. The smallest absolute Gasteiger partial charge is 0.246 e. The zero-order chi connectivity index (χ0) is 13.7. The van der Waals surface area contributed by atoms with E-state index in [1.807, 2.05) is 18.2 Å². The van der Waals surface area contributed by atoms with Crippen LogP contribution in [0.3, 0.4) is 0 Å². The van der Waals surface area contributed by atoms with Crippen molar-refractivity contribution in [2.45, 2.75) is 13.0 Å². The maximum Gasteiger partial charge on any atom is 0.246 e. The molecule has 98 valence electrons. The number of amides is 1. The molecule has 5 heteroatoms. The quantitative estimate of drug-likeness (QED) is 0.830. The molecular formula is C14H14FN3O. The van der Waals surface area contributed by atoms with Gasteiger partial charge in [-0.05, 0) is 31.2 Å². The first-order valence-electron chi connectivity index (χ1n) is 5.90. The molecule has 0 spiro atoms. The number of nitrogens with one attached hydrogen (secondary N) is 2. The van der Waals surface area contributed by atoms with E-state index in [1.54, 1.807) is 25.1 Å². The number of carbonyl (C=O) groups is 1. The summed E-state index contributed by atoms with van der Waals surface area (Å²) in [6, 6.07) is 13.0. The first kappa shape index (κ1) is 13.0. The fraction of sp³-hybridized carbons (Fsp3) is 0.143. The third-order valence-electron chi connectivity index (χ3n) is 2.51. The largest absolute Gasteiger partial charge is 0.359 e. The Balaban J connectivity index is 1.96. The van der Waals surface area contributed by atoms with E-state index < -0.39 is 12.0 Å². The molecular weight excluding hydrogens is 245 g/mol. The van der Waals surface area contributed by atoms with Gasteiger partial charge < -0.3 is 10.6 Å². The van der Waals surface area contributed by atoms with E-state index in [-0.39, 0.29) is 5.91 Å². The highest BCUT2D eigenvalue weighted by Gasteiger charge is 2.13. The molecule has 1 amide bonds. The van der Waals surface area contributed by atoms with Crippen molar-refractivity contribution in [2.75, 3.05) is 10.6 Å². The molecule has 0 saturated carbocycles. The second kappa shape index (κ2) is 5.95. The molecule has 0 saturated heterocycles. The Bertz CT molecular complexity index is 560. The summed E-state index contributed by atoms with van der Waals surface area (Å²) in [5.74, 6) is -0.464. The fourth-order valence-electron chi connectivity index (χ4n) is 1.55. The van der Waals surface area contributed by atoms with Crippen molar-refractivity contribution in [3.05, 3.63) is 54.5 Å². The van der Waals surface area contributed by atoms with Crippen LogP contribution in [0.25, 0.3) is 0 Å². The normalized spacial score (nSPS) is 11.7. The van der Waals surface area contributed by atoms with Crippen LogP contribution in [0.1, 0.15) is 6.92 Å². The highest BCUT2D eigenvalue weighted by molar-refractivity contribution is 5.96. The number of aromatic nitrogens is 1. The molecule has 0 aliphatic rings. The Hall–Kier alpha value is -2.43. The molecule has 1 aromatic carbocycles. The number of para-hydroxylation sites is 1. The van der Waals surface area contributed by atoms with E-state index in [1.165, 1.54) is 12.1 Å². The lowest BCUT2D eigenvalue weighted by atomic mass is 10.2. The van der Waals surface area contributed by atoms with Crippen LogP contribution < -0.4 is 10.6 Å². The van der Waals surface area contributed by atoms with Crippen LogP contribution in [0.2, 0.25) is 0 Å². The van der Waals surface area contributed by atoms with Crippen LogP contribution in [0.5, 0.6) is 0 Å². The number of carbonyl (C=O) groups excluding carboxylic acids is 1. The molecule has 2 aromatic rings. The molecule has 1 heterocycles. The number of pyridine rings is 1. The van der Waals surface area contributed by atoms with Gasteiger partial charge in [0, 0.05) is 5.69 Å². The van der Waals surface area contributed by atoms with E-state index in [2.05, 4.69) is 15.6 Å². The second-order valence-corrected chi connectivity index (χ2v) is 4.07. The van der Waals surface area contributed by atoms with Gasteiger partial charge in [-0.3, -0.25) is 4.79 Å². The molecule has 0 radical (unpaired) electrons. The summed E-state index contributed by atoms with van der Waals surface area (Å²) in [5, 5.41) is 5.59. The van der Waals surface area contributed by atoms with Gasteiger partial charge in [-0.25, -0.2) is 4.98 Å². The van der Waals surface area contributed by atoms with Crippen molar-refractivity contribution < 1.29 is 9.18 Å². The third-order valence-corrected chi connectivity index (χ3v) is 2.51. The topological polar surface area (TPSA) is 54.0 Å². The average Bonchev–Trinajstić information content (AvgIpc) is 2.40. The minimum absolute atomic E-state index is 0.211. The predicted octanol–water partition coefficient (Wildman–Crippen LogP) is 2.66. The lowest BCUT2D eigenvalue weighted by Gasteiger charge is -2.14. The van der Waals surface area contributed by atoms with Gasteiger partial charge in [0.25, 0.3) is 0 Å². The second-order valence-electron chi connectivity index (χ2n) is 4.07. The van der Waals surface area contributed by atoms with Gasteiger partial charge in [-0.1, -0.05) is 24.3 Å². The summed E-state index contributed by atoms with van der Waals surface area (Å²) >= 11 is 0. The fourth-order valence-corrected chi connectivity index (χ4v) is 1.55. The lowest BCUT2D eigenvalue weighted by Crippen LogP contribution is -2.32. The SMILES string of the molecule is CC(Nc1cccc(F)n1)C(=O)Nc1ccccc1. The first-order valence-corrected chi connectivity index (χ1v) is 5.90. The maximum atomic E-state index is 12.9. The van der Waals surface area contributed by atoms with Crippen molar-refractivity contribution >= 4 is 17.4 Å². The van der Waals surface area contributed by atoms with Gasteiger partial charge in [0.1, 0.15) is 11.9 Å². The Morgan fingerprint density at radius 3 is 2.58 bits per heavy atom. The highest BCUT2D eigenvalue weighted by atomic mass is 19.1. The molecule has 1 aromatic heterocycles. The molecule has 2 rings (SSSR count). The minimum atomic E-state index is -0.583. The first-order chi connectivity index (χ1) is 9.15. The predicted molar refractivity (Wildman–Crippen MR) is 72.4 cm³/mol. The van der Waals surface area contributed by atoms with Gasteiger partial charge in [0.05, 0.1) is 0 Å². The zero-order valence-corrected chi connectivity index (χ0v) is 10.4. The molecule has 1 atom stereocenters. The van der Waals surface area contributed by atoms with Crippen molar-refractivity contribution in [2.24, 2.45) is 0 Å². The lowest BCUT2D eigenvalue weighted by molar-refractivity contribution is -0.116. The summed E-state index contributed by atoms with van der Waals surface area (Å²) in [7, 11) is 0. The molecule has 4 nitrogen and oxygen atoms in total. The minimum Gasteiger partial charge on any atom is -0.359 e. The number of hydrogen-bond donors (Lipinski definition) is 2. The van der Waals surface area contributed by atoms with Gasteiger partial charge in [-0.2, -0.15) is 4.39 Å². The van der Waals surface area contributed by atoms with Crippen LogP contribution in [-0.4, -0.2) is 16.9 Å². The van der Waals surface area contributed by atoms with Crippen molar-refractivity contribution in [1.29, 1.82) is 0 Å². The Morgan fingerprint density at radius 1 is 1.16 bits per heavy atom. The van der Waals surface area contributed by atoms with Crippen molar-refractivity contribution in [3.8, 4) is 0 Å². The standard InChI is InChI=1S/C14H14FN3O/c1-10(16-13-9-5-8-12(15)18-13)14(19)17-11-6-3-2-4-7-11/h2-10H,1H3,(H,16,18)(H,17,19). The van der Waals surface area contributed by atoms with Crippen LogP contribution in [0.15, 0.2) is 48.5 Å². The monoisotopic (exact) mass is 259 g/mol. The van der Waals surface area contributed by atoms with Gasteiger partial charge >= 0.3 is 0 Å². The number of benzene rings is 1. The van der Waals surface area contributed by atoms with Crippen LogP contribution >= 0.6 is 0 Å². The number of hydrogen-bond acceptors (Lipinski definition) is 3. The molecule has 0 fully saturated rings. The Labute approximate surface area is 110 Å². The molecule has 0 aliphatic heterocycles. The highest BCUT2D eigenvalue weighted by Crippen LogP contribution is 2.08. The number of halogens is 1. The summed E-state index contributed by atoms with van der Waals surface area (Å²) < 4.78 is 12.9. The van der Waals surface area contributed by atoms with E-state index in [0.717, 1.165) is 0 Å². The molecule has 2 N–H and O–H groups in total. The summed E-state index contributed by atoms with van der Waals surface area (Å²) in [6.45, 7) is 1.69. The Morgan fingerprint density at radius 2 is 1.89 bits per heavy atom. The third kappa shape index (κ3) is 3.77.